The molecule has 4 aliphatic rings. The molecule has 45 heavy (non-hydrogen) atoms. The maximum Gasteiger partial charge on any atom is 0.242 e. The van der Waals surface area contributed by atoms with Gasteiger partial charge in [0, 0.05) is 44.9 Å². The molecule has 4 heterocycles. The van der Waals surface area contributed by atoms with Crippen molar-refractivity contribution < 1.29 is 18.4 Å². The third-order valence-corrected chi connectivity index (χ3v) is 9.51. The van der Waals surface area contributed by atoms with Crippen LogP contribution in [0, 0.1) is 5.92 Å². The second-order valence-corrected chi connectivity index (χ2v) is 12.4. The van der Waals surface area contributed by atoms with E-state index in [1.165, 1.54) is 0 Å². The number of rotatable bonds is 8. The summed E-state index contributed by atoms with van der Waals surface area (Å²) >= 11 is 0. The molecule has 2 amide bonds. The van der Waals surface area contributed by atoms with E-state index in [1.54, 1.807) is 41.5 Å². The molecule has 3 N–H and O–H groups in total. The van der Waals surface area contributed by atoms with Crippen LogP contribution in [-0.4, -0.2) is 73.8 Å². The number of piperazine rings is 1. The molecule has 12 nitrogen and oxygen atoms in total. The molecule has 2 aliphatic carbocycles. The first kappa shape index (κ1) is 27.7. The molecule has 8 rings (SSSR count). The Morgan fingerprint density at radius 2 is 2.00 bits per heavy atom. The van der Waals surface area contributed by atoms with E-state index in [0.29, 0.717) is 42.1 Å². The maximum absolute atomic E-state index is 15.5. The van der Waals surface area contributed by atoms with E-state index >= 15 is 4.39 Å². The molecule has 13 heteroatoms. The quantitative estimate of drug-likeness (QED) is 0.309. The van der Waals surface area contributed by atoms with Gasteiger partial charge in [-0.3, -0.25) is 14.6 Å². The van der Waals surface area contributed by atoms with Gasteiger partial charge in [0.1, 0.15) is 16.6 Å². The SMILES string of the molecule is NC(=O)C1CC1(F)c1ccc2oc(C3(C(=O)N4CCNCC4C(c4ccccc4)c4nnn(C5CC5)n4)C=CN=CC3)nc2c1. The van der Waals surface area contributed by atoms with Crippen LogP contribution in [-0.2, 0) is 20.7 Å². The number of amides is 2. The lowest BCUT2D eigenvalue weighted by Crippen LogP contribution is -2.60. The van der Waals surface area contributed by atoms with Crippen LogP contribution in [0.25, 0.3) is 11.1 Å². The number of tetrazole rings is 1. The minimum absolute atomic E-state index is 0.0381. The largest absolute Gasteiger partial charge is 0.439 e. The number of hydrogen-bond donors (Lipinski definition) is 2. The van der Waals surface area contributed by atoms with Gasteiger partial charge in [-0.1, -0.05) is 36.4 Å². The molecular formula is C32H32FN9O3. The molecule has 0 radical (unpaired) electrons. The number of alkyl halides is 1. The Bertz CT molecular complexity index is 1850. The van der Waals surface area contributed by atoms with Crippen molar-refractivity contribution in [3.8, 4) is 0 Å². The highest BCUT2D eigenvalue weighted by Crippen LogP contribution is 2.56. The molecular weight excluding hydrogens is 577 g/mol. The summed E-state index contributed by atoms with van der Waals surface area (Å²) in [6.07, 6.45) is 7.35. The van der Waals surface area contributed by atoms with E-state index in [0.717, 1.165) is 18.4 Å². The van der Waals surface area contributed by atoms with Gasteiger partial charge in [-0.05, 0) is 47.4 Å². The van der Waals surface area contributed by atoms with Crippen molar-refractivity contribution in [2.45, 2.75) is 54.8 Å². The van der Waals surface area contributed by atoms with Crippen LogP contribution >= 0.6 is 0 Å². The zero-order valence-corrected chi connectivity index (χ0v) is 24.4. The lowest BCUT2D eigenvalue weighted by molar-refractivity contribution is -0.139. The predicted molar refractivity (Wildman–Crippen MR) is 161 cm³/mol. The number of fused-ring (bicyclic) bond motifs is 1. The summed E-state index contributed by atoms with van der Waals surface area (Å²) in [5, 5.41) is 17.1. The average Bonchev–Trinajstić information content (AvgIpc) is 3.94. The number of carbonyl (C=O) groups is 2. The number of nitrogens with one attached hydrogen (secondary N) is 1. The minimum atomic E-state index is -1.82. The molecule has 230 valence electrons. The summed E-state index contributed by atoms with van der Waals surface area (Å²) < 4.78 is 21.7. The Balaban J connectivity index is 1.17. The van der Waals surface area contributed by atoms with Gasteiger partial charge in [0.05, 0.1) is 23.9 Å². The molecule has 3 fully saturated rings. The Morgan fingerprint density at radius 1 is 1.16 bits per heavy atom. The first-order valence-corrected chi connectivity index (χ1v) is 15.3. The predicted octanol–water partition coefficient (Wildman–Crippen LogP) is 2.68. The first-order chi connectivity index (χ1) is 21.9. The fraction of sp³-hybridized carbons (Fsp3) is 0.406. The Morgan fingerprint density at radius 3 is 2.73 bits per heavy atom. The maximum atomic E-state index is 15.5. The van der Waals surface area contributed by atoms with Gasteiger partial charge in [0.2, 0.25) is 17.7 Å². The average molecular weight is 610 g/mol. The van der Waals surface area contributed by atoms with Crippen LogP contribution in [0.2, 0.25) is 0 Å². The summed E-state index contributed by atoms with van der Waals surface area (Å²) in [4.78, 5) is 39.1. The van der Waals surface area contributed by atoms with Crippen molar-refractivity contribution in [1.29, 1.82) is 0 Å². The first-order valence-electron chi connectivity index (χ1n) is 15.3. The number of oxazole rings is 1. The van der Waals surface area contributed by atoms with Crippen LogP contribution in [0.15, 0.2) is 70.2 Å². The number of benzene rings is 2. The number of hydrogen-bond acceptors (Lipinski definition) is 9. The smallest absolute Gasteiger partial charge is 0.242 e. The normalized spacial score (nSPS) is 28.3. The zero-order chi connectivity index (χ0) is 30.8. The van der Waals surface area contributed by atoms with Crippen molar-refractivity contribution in [1.82, 2.24) is 35.4 Å². The molecule has 5 atom stereocenters. The van der Waals surface area contributed by atoms with E-state index in [2.05, 4.69) is 20.6 Å². The molecule has 5 unspecified atom stereocenters. The monoisotopic (exact) mass is 609 g/mol. The number of aromatic nitrogens is 5. The molecule has 4 aromatic rings. The fourth-order valence-electron chi connectivity index (χ4n) is 6.72. The van der Waals surface area contributed by atoms with Gasteiger partial charge in [-0.2, -0.15) is 4.80 Å². The Labute approximate surface area is 257 Å². The highest BCUT2D eigenvalue weighted by Gasteiger charge is 2.60. The third kappa shape index (κ3) is 4.64. The van der Waals surface area contributed by atoms with E-state index < -0.39 is 22.9 Å². The van der Waals surface area contributed by atoms with Crippen molar-refractivity contribution in [3.63, 3.8) is 0 Å². The molecule has 2 aromatic heterocycles. The summed E-state index contributed by atoms with van der Waals surface area (Å²) in [5.74, 6) is -1.29. The number of nitrogens with zero attached hydrogens (tertiary/aromatic N) is 7. The third-order valence-electron chi connectivity index (χ3n) is 9.51. The van der Waals surface area contributed by atoms with Crippen LogP contribution in [0.5, 0.6) is 0 Å². The van der Waals surface area contributed by atoms with Gasteiger partial charge in [0.15, 0.2) is 11.4 Å². The summed E-state index contributed by atoms with van der Waals surface area (Å²) in [6, 6.07) is 14.7. The highest BCUT2D eigenvalue weighted by atomic mass is 19.1. The Hall–Kier alpha value is -4.78. The second kappa shape index (κ2) is 10.4. The topological polar surface area (TPSA) is 157 Å². The number of carbonyl (C=O) groups excluding carboxylic acids is 2. The molecule has 2 saturated carbocycles. The molecule has 0 spiro atoms. The fourth-order valence-corrected chi connectivity index (χ4v) is 6.72. The molecule has 1 saturated heterocycles. The van der Waals surface area contributed by atoms with Gasteiger partial charge < -0.3 is 20.4 Å². The van der Waals surface area contributed by atoms with Crippen molar-refractivity contribution in [2.24, 2.45) is 16.6 Å². The van der Waals surface area contributed by atoms with Gasteiger partial charge in [-0.25, -0.2) is 9.37 Å². The highest BCUT2D eigenvalue weighted by molar-refractivity contribution is 5.94. The minimum Gasteiger partial charge on any atom is -0.439 e. The molecule has 0 bridgehead atoms. The van der Waals surface area contributed by atoms with Crippen LogP contribution < -0.4 is 11.1 Å². The van der Waals surface area contributed by atoms with E-state index in [4.69, 9.17) is 20.2 Å². The number of halogens is 1. The lowest BCUT2D eigenvalue weighted by Gasteiger charge is -2.43. The number of nitrogens with two attached hydrogens (primary N) is 1. The van der Waals surface area contributed by atoms with Gasteiger partial charge in [-0.15, -0.1) is 10.2 Å². The summed E-state index contributed by atoms with van der Waals surface area (Å²) in [6.45, 7) is 1.57. The van der Waals surface area contributed by atoms with Crippen LogP contribution in [0.4, 0.5) is 4.39 Å². The van der Waals surface area contributed by atoms with Crippen LogP contribution in [0.3, 0.4) is 0 Å². The second-order valence-electron chi connectivity index (χ2n) is 12.4. The van der Waals surface area contributed by atoms with Crippen molar-refractivity contribution >= 4 is 29.1 Å². The molecule has 2 aliphatic heterocycles. The van der Waals surface area contributed by atoms with Gasteiger partial charge in [0.25, 0.3) is 0 Å². The standard InChI is InChI=1S/C32H32FN9O3/c33-32(17-22(32)27(34)43)20-6-9-25-23(16-20)37-29(45-25)31(10-12-35-13-11-31)30(44)41-15-14-36-18-24(41)26(19-4-2-1-3-5-19)28-38-40-42(39-28)21-7-8-21/h1-6,9-10,12-13,16,21-22,24,26,36H,7-8,11,14-15,17-18H2,(H2,34,43). The van der Waals surface area contributed by atoms with Crippen molar-refractivity contribution in [2.75, 3.05) is 19.6 Å². The van der Waals surface area contributed by atoms with Crippen LogP contribution in [0.1, 0.15) is 60.5 Å². The van der Waals surface area contributed by atoms with Gasteiger partial charge >= 0.3 is 0 Å². The summed E-state index contributed by atoms with van der Waals surface area (Å²) in [5.41, 5.74) is 4.40. The van der Waals surface area contributed by atoms with E-state index in [9.17, 15) is 9.59 Å². The van der Waals surface area contributed by atoms with Crippen molar-refractivity contribution in [3.05, 3.63) is 83.6 Å². The zero-order valence-electron chi connectivity index (χ0n) is 24.4. The molecule has 2 aromatic carbocycles. The lowest BCUT2D eigenvalue weighted by atomic mass is 9.79. The van der Waals surface area contributed by atoms with E-state index in [-0.39, 0.29) is 42.6 Å². The van der Waals surface area contributed by atoms with E-state index in [1.807, 2.05) is 35.2 Å². The Kier molecular flexibility index (Phi) is 6.41. The number of aliphatic imine (C=N–C) groups is 1. The number of primary amides is 1. The summed E-state index contributed by atoms with van der Waals surface area (Å²) in [7, 11) is 0.